The van der Waals surface area contributed by atoms with Gasteiger partial charge in [-0.15, -0.1) is 11.3 Å². The number of aryl methyl sites for hydroxylation is 1. The van der Waals surface area contributed by atoms with Crippen LogP contribution in [0.25, 0.3) is 11.3 Å². The summed E-state index contributed by atoms with van der Waals surface area (Å²) >= 11 is 5.23. The van der Waals surface area contributed by atoms with Gasteiger partial charge in [-0.05, 0) is 19.1 Å². The molecule has 17 heavy (non-hydrogen) atoms. The lowest BCUT2D eigenvalue weighted by molar-refractivity contribution is 0.766. The number of halogens is 1. The van der Waals surface area contributed by atoms with E-state index in [4.69, 9.17) is 10.7 Å². The minimum absolute atomic E-state index is 0.333. The Morgan fingerprint density at radius 2 is 2.24 bits per heavy atom. The van der Waals surface area contributed by atoms with Crippen molar-refractivity contribution in [3.05, 3.63) is 38.6 Å². The average molecular weight is 311 g/mol. The summed E-state index contributed by atoms with van der Waals surface area (Å²) < 4.78 is 1.08. The van der Waals surface area contributed by atoms with Gasteiger partial charge < -0.3 is 5.73 Å². The maximum Gasteiger partial charge on any atom is 0.0976 e. The normalized spacial score (nSPS) is 12.7. The van der Waals surface area contributed by atoms with Crippen molar-refractivity contribution in [3.63, 3.8) is 0 Å². The fourth-order valence-corrected chi connectivity index (χ4v) is 3.04. The molecule has 1 aromatic heterocycles. The molecule has 2 aromatic rings. The zero-order valence-electron chi connectivity index (χ0n) is 9.90. The van der Waals surface area contributed by atoms with E-state index in [9.17, 15) is 0 Å². The minimum Gasteiger partial charge on any atom is -0.330 e. The molecule has 0 radical (unpaired) electrons. The maximum atomic E-state index is 5.69. The van der Waals surface area contributed by atoms with Gasteiger partial charge in [-0.2, -0.15) is 0 Å². The molecule has 1 heterocycles. The second-order valence-electron chi connectivity index (χ2n) is 4.10. The number of hydrogen-bond acceptors (Lipinski definition) is 3. The number of nitrogens with two attached hydrogens (primary N) is 1. The number of rotatable bonds is 3. The van der Waals surface area contributed by atoms with Crippen LogP contribution in [0, 0.1) is 6.92 Å². The van der Waals surface area contributed by atoms with Gasteiger partial charge in [-0.1, -0.05) is 35.0 Å². The fraction of sp³-hybridized carbons (Fsp3) is 0.308. The molecule has 0 aliphatic carbocycles. The van der Waals surface area contributed by atoms with E-state index in [0.717, 1.165) is 20.7 Å². The van der Waals surface area contributed by atoms with Crippen molar-refractivity contribution in [1.29, 1.82) is 0 Å². The van der Waals surface area contributed by atoms with Crippen LogP contribution in [0.4, 0.5) is 0 Å². The van der Waals surface area contributed by atoms with Gasteiger partial charge in [0.25, 0.3) is 0 Å². The van der Waals surface area contributed by atoms with Crippen LogP contribution in [0.1, 0.15) is 22.7 Å². The van der Waals surface area contributed by atoms with Crippen LogP contribution in [0.3, 0.4) is 0 Å². The molecule has 1 unspecified atom stereocenters. The first-order chi connectivity index (χ1) is 8.11. The number of nitrogens with zero attached hydrogens (tertiary/aromatic N) is 1. The van der Waals surface area contributed by atoms with Gasteiger partial charge in [-0.3, -0.25) is 0 Å². The Morgan fingerprint density at radius 1 is 1.47 bits per heavy atom. The monoisotopic (exact) mass is 310 g/mol. The van der Waals surface area contributed by atoms with Crippen LogP contribution in [0.2, 0.25) is 0 Å². The Balaban J connectivity index is 2.42. The van der Waals surface area contributed by atoms with Gasteiger partial charge in [0.2, 0.25) is 0 Å². The molecule has 0 spiro atoms. The summed E-state index contributed by atoms with van der Waals surface area (Å²) in [6.45, 7) is 4.87. The Kier molecular flexibility index (Phi) is 3.97. The zero-order valence-corrected chi connectivity index (χ0v) is 12.3. The van der Waals surface area contributed by atoms with Crippen molar-refractivity contribution < 1.29 is 0 Å². The van der Waals surface area contributed by atoms with E-state index in [0.29, 0.717) is 12.5 Å². The largest absolute Gasteiger partial charge is 0.330 e. The first-order valence-electron chi connectivity index (χ1n) is 5.55. The molecule has 1 atom stereocenters. The highest BCUT2D eigenvalue weighted by Gasteiger charge is 2.13. The van der Waals surface area contributed by atoms with E-state index in [2.05, 4.69) is 41.9 Å². The Hall–Kier alpha value is -0.710. The van der Waals surface area contributed by atoms with Crippen LogP contribution in [0.5, 0.6) is 0 Å². The van der Waals surface area contributed by atoms with Crippen LogP contribution >= 0.6 is 27.3 Å². The van der Waals surface area contributed by atoms with E-state index >= 15 is 0 Å². The van der Waals surface area contributed by atoms with Crippen molar-refractivity contribution in [3.8, 4) is 11.3 Å². The first kappa shape index (κ1) is 12.7. The van der Waals surface area contributed by atoms with Gasteiger partial charge in [0.15, 0.2) is 0 Å². The molecule has 0 aliphatic rings. The Bertz CT molecular complexity index is 522. The Labute approximate surface area is 114 Å². The third-order valence-electron chi connectivity index (χ3n) is 2.69. The van der Waals surface area contributed by atoms with Crippen molar-refractivity contribution >= 4 is 27.3 Å². The topological polar surface area (TPSA) is 38.9 Å². The molecule has 0 saturated carbocycles. The fourth-order valence-electron chi connectivity index (χ4n) is 1.63. The van der Waals surface area contributed by atoms with E-state index in [-0.39, 0.29) is 0 Å². The second kappa shape index (κ2) is 5.29. The van der Waals surface area contributed by atoms with Gasteiger partial charge in [-0.25, -0.2) is 4.98 Å². The van der Waals surface area contributed by atoms with E-state index in [1.165, 1.54) is 4.88 Å². The van der Waals surface area contributed by atoms with Crippen LogP contribution in [0.15, 0.2) is 28.7 Å². The Morgan fingerprint density at radius 3 is 2.88 bits per heavy atom. The highest BCUT2D eigenvalue weighted by molar-refractivity contribution is 9.10. The van der Waals surface area contributed by atoms with Gasteiger partial charge in [0, 0.05) is 27.4 Å². The van der Waals surface area contributed by atoms with Gasteiger partial charge in [0.05, 0.1) is 10.7 Å². The van der Waals surface area contributed by atoms with Crippen LogP contribution in [-0.2, 0) is 0 Å². The van der Waals surface area contributed by atoms with Gasteiger partial charge in [0.1, 0.15) is 0 Å². The molecule has 0 amide bonds. The molecule has 2 nitrogen and oxygen atoms in total. The zero-order chi connectivity index (χ0) is 12.4. The molecular weight excluding hydrogens is 296 g/mol. The highest BCUT2D eigenvalue weighted by Crippen LogP contribution is 2.31. The highest BCUT2D eigenvalue weighted by atomic mass is 79.9. The van der Waals surface area contributed by atoms with E-state index in [1.54, 1.807) is 11.3 Å². The average Bonchev–Trinajstić information content (AvgIpc) is 2.70. The number of benzene rings is 1. The molecule has 0 bridgehead atoms. The summed E-state index contributed by atoms with van der Waals surface area (Å²) in [5.74, 6) is 0.333. The maximum absolute atomic E-state index is 5.69. The number of thiazole rings is 1. The SMILES string of the molecule is Cc1sc(C(C)CN)nc1-c1cccc(Br)c1. The summed E-state index contributed by atoms with van der Waals surface area (Å²) in [5.41, 5.74) is 7.92. The molecule has 0 fully saturated rings. The quantitative estimate of drug-likeness (QED) is 0.932. The smallest absolute Gasteiger partial charge is 0.0976 e. The predicted octanol–water partition coefficient (Wildman–Crippen LogP) is 3.94. The molecule has 2 N–H and O–H groups in total. The molecule has 0 aliphatic heterocycles. The third-order valence-corrected chi connectivity index (χ3v) is 4.38. The van der Waals surface area contributed by atoms with E-state index in [1.807, 2.05) is 12.1 Å². The molecule has 1 aromatic carbocycles. The van der Waals surface area contributed by atoms with Crippen molar-refractivity contribution in [2.24, 2.45) is 5.73 Å². The number of hydrogen-bond donors (Lipinski definition) is 1. The van der Waals surface area contributed by atoms with Crippen molar-refractivity contribution in [2.75, 3.05) is 6.54 Å². The van der Waals surface area contributed by atoms with Crippen molar-refractivity contribution in [1.82, 2.24) is 4.98 Å². The van der Waals surface area contributed by atoms with Gasteiger partial charge >= 0.3 is 0 Å². The predicted molar refractivity (Wildman–Crippen MR) is 77.5 cm³/mol. The lowest BCUT2D eigenvalue weighted by Gasteiger charge is -2.02. The first-order valence-corrected chi connectivity index (χ1v) is 7.16. The molecule has 2 rings (SSSR count). The van der Waals surface area contributed by atoms with Crippen LogP contribution in [-0.4, -0.2) is 11.5 Å². The molecule has 4 heteroatoms. The minimum atomic E-state index is 0.333. The summed E-state index contributed by atoms with van der Waals surface area (Å²) in [7, 11) is 0. The lowest BCUT2D eigenvalue weighted by Crippen LogP contribution is -2.08. The molecule has 0 saturated heterocycles. The number of aromatic nitrogens is 1. The second-order valence-corrected chi connectivity index (χ2v) is 6.25. The van der Waals surface area contributed by atoms with Crippen molar-refractivity contribution in [2.45, 2.75) is 19.8 Å². The summed E-state index contributed by atoms with van der Waals surface area (Å²) in [5, 5.41) is 1.12. The molecular formula is C13H15BrN2S. The lowest BCUT2D eigenvalue weighted by atomic mass is 10.1. The summed E-state index contributed by atoms with van der Waals surface area (Å²) in [6.07, 6.45) is 0. The standard InChI is InChI=1S/C13H15BrN2S/c1-8(7-15)13-16-12(9(2)17-13)10-4-3-5-11(14)6-10/h3-6,8H,7,15H2,1-2H3. The third kappa shape index (κ3) is 2.76. The van der Waals surface area contributed by atoms with E-state index < -0.39 is 0 Å². The molecule has 90 valence electrons. The summed E-state index contributed by atoms with van der Waals surface area (Å²) in [6, 6.07) is 8.24. The summed E-state index contributed by atoms with van der Waals surface area (Å²) in [4.78, 5) is 5.96. The van der Waals surface area contributed by atoms with Crippen LogP contribution < -0.4 is 5.73 Å².